The first-order valence-corrected chi connectivity index (χ1v) is 4.94. The van der Waals surface area contributed by atoms with Gasteiger partial charge in [0.2, 0.25) is 0 Å². The molecule has 0 atom stereocenters. The molecule has 0 bridgehead atoms. The quantitative estimate of drug-likeness (QED) is 0.812. The van der Waals surface area contributed by atoms with Crippen LogP contribution in [0.25, 0.3) is 10.8 Å². The maximum Gasteiger partial charge on any atom is 0.255 e. The number of H-pyrrole nitrogens is 1. The molecule has 0 spiro atoms. The predicted octanol–water partition coefficient (Wildman–Crippen LogP) is 2.10. The maximum absolute atomic E-state index is 11.6. The molecule has 3 nitrogen and oxygen atoms in total. The number of aromatic amines is 1. The minimum atomic E-state index is -0.0511. The third-order valence-corrected chi connectivity index (χ3v) is 2.58. The van der Waals surface area contributed by atoms with Crippen LogP contribution in [0.1, 0.15) is 12.5 Å². The molecule has 0 radical (unpaired) electrons. The number of fused-ring (bicyclic) bond motifs is 1. The second-order valence-electron chi connectivity index (χ2n) is 3.41. The van der Waals surface area contributed by atoms with E-state index in [0.29, 0.717) is 0 Å². The molecular formula is C12H13NO2. The lowest BCUT2D eigenvalue weighted by Gasteiger charge is -2.05. The summed E-state index contributed by atoms with van der Waals surface area (Å²) in [7, 11) is 1.62. The van der Waals surface area contributed by atoms with Crippen LogP contribution in [0.15, 0.2) is 29.2 Å². The number of ether oxygens (including phenoxy) is 1. The van der Waals surface area contributed by atoms with E-state index in [1.807, 2.05) is 6.07 Å². The van der Waals surface area contributed by atoms with E-state index in [9.17, 15) is 4.79 Å². The zero-order chi connectivity index (χ0) is 10.8. The third-order valence-electron chi connectivity index (χ3n) is 2.58. The Balaban J connectivity index is 2.83. The molecule has 0 aliphatic rings. The average molecular weight is 203 g/mol. The SMILES string of the molecule is CCc1c[nH]c(=O)c2ccc(OC)cc12. The number of aryl methyl sites for hydroxylation is 1. The van der Waals surface area contributed by atoms with Crippen molar-refractivity contribution in [3.8, 4) is 5.75 Å². The van der Waals surface area contributed by atoms with Crippen molar-refractivity contribution in [2.45, 2.75) is 13.3 Å². The monoisotopic (exact) mass is 203 g/mol. The van der Waals surface area contributed by atoms with Crippen LogP contribution in [0, 0.1) is 0 Å². The van der Waals surface area contributed by atoms with Gasteiger partial charge in [-0.1, -0.05) is 6.92 Å². The van der Waals surface area contributed by atoms with Crippen molar-refractivity contribution >= 4 is 10.8 Å². The molecule has 1 heterocycles. The summed E-state index contributed by atoms with van der Waals surface area (Å²) in [5.74, 6) is 0.780. The lowest BCUT2D eigenvalue weighted by molar-refractivity contribution is 0.415. The molecule has 1 aromatic heterocycles. The van der Waals surface area contributed by atoms with E-state index in [4.69, 9.17) is 4.74 Å². The summed E-state index contributed by atoms with van der Waals surface area (Å²) >= 11 is 0. The van der Waals surface area contributed by atoms with Gasteiger partial charge in [0, 0.05) is 11.6 Å². The second kappa shape index (κ2) is 3.77. The van der Waals surface area contributed by atoms with Gasteiger partial charge in [-0.15, -0.1) is 0 Å². The van der Waals surface area contributed by atoms with Gasteiger partial charge in [-0.05, 0) is 35.6 Å². The van der Waals surface area contributed by atoms with Crippen molar-refractivity contribution in [2.75, 3.05) is 7.11 Å². The molecule has 0 aliphatic carbocycles. The number of hydrogen-bond donors (Lipinski definition) is 1. The van der Waals surface area contributed by atoms with Gasteiger partial charge >= 0.3 is 0 Å². The van der Waals surface area contributed by atoms with Crippen LogP contribution in [-0.4, -0.2) is 12.1 Å². The highest BCUT2D eigenvalue weighted by atomic mass is 16.5. The molecule has 2 rings (SSSR count). The number of benzene rings is 1. The van der Waals surface area contributed by atoms with Crippen LogP contribution < -0.4 is 10.3 Å². The van der Waals surface area contributed by atoms with Crippen molar-refractivity contribution in [3.05, 3.63) is 40.3 Å². The molecule has 0 unspecified atom stereocenters. The fourth-order valence-electron chi connectivity index (χ4n) is 1.71. The molecule has 15 heavy (non-hydrogen) atoms. The van der Waals surface area contributed by atoms with Crippen molar-refractivity contribution in [1.82, 2.24) is 4.98 Å². The van der Waals surface area contributed by atoms with Crippen LogP contribution in [-0.2, 0) is 6.42 Å². The van der Waals surface area contributed by atoms with Gasteiger partial charge in [0.05, 0.1) is 7.11 Å². The highest BCUT2D eigenvalue weighted by molar-refractivity contribution is 5.85. The second-order valence-corrected chi connectivity index (χ2v) is 3.41. The van der Waals surface area contributed by atoms with E-state index in [0.717, 1.165) is 28.5 Å². The van der Waals surface area contributed by atoms with Gasteiger partial charge in [-0.2, -0.15) is 0 Å². The van der Waals surface area contributed by atoms with Crippen molar-refractivity contribution < 1.29 is 4.74 Å². The van der Waals surface area contributed by atoms with E-state index >= 15 is 0 Å². The van der Waals surface area contributed by atoms with Gasteiger partial charge in [0.1, 0.15) is 5.75 Å². The summed E-state index contributed by atoms with van der Waals surface area (Å²) in [4.78, 5) is 14.3. The summed E-state index contributed by atoms with van der Waals surface area (Å²) in [6.45, 7) is 2.06. The Morgan fingerprint density at radius 2 is 2.13 bits per heavy atom. The summed E-state index contributed by atoms with van der Waals surface area (Å²) in [6, 6.07) is 5.51. The molecular weight excluding hydrogens is 190 g/mol. The Morgan fingerprint density at radius 3 is 2.80 bits per heavy atom. The van der Waals surface area contributed by atoms with Gasteiger partial charge in [-0.3, -0.25) is 4.79 Å². The van der Waals surface area contributed by atoms with E-state index < -0.39 is 0 Å². The summed E-state index contributed by atoms with van der Waals surface area (Å²) < 4.78 is 5.15. The molecule has 78 valence electrons. The first-order valence-electron chi connectivity index (χ1n) is 4.94. The Morgan fingerprint density at radius 1 is 1.33 bits per heavy atom. The van der Waals surface area contributed by atoms with Crippen LogP contribution in [0.3, 0.4) is 0 Å². The van der Waals surface area contributed by atoms with E-state index in [2.05, 4.69) is 11.9 Å². The fourth-order valence-corrected chi connectivity index (χ4v) is 1.71. The molecule has 0 saturated heterocycles. The van der Waals surface area contributed by atoms with Crippen LogP contribution in [0.2, 0.25) is 0 Å². The summed E-state index contributed by atoms with van der Waals surface area (Å²) in [6.07, 6.45) is 2.66. The molecule has 0 amide bonds. The Kier molecular flexibility index (Phi) is 2.46. The number of methoxy groups -OCH3 is 1. The first kappa shape index (κ1) is 9.77. The third kappa shape index (κ3) is 1.61. The largest absolute Gasteiger partial charge is 0.497 e. The van der Waals surface area contributed by atoms with Crippen LogP contribution in [0.4, 0.5) is 0 Å². The lowest BCUT2D eigenvalue weighted by atomic mass is 10.1. The number of hydrogen-bond acceptors (Lipinski definition) is 2. The fraction of sp³-hybridized carbons (Fsp3) is 0.250. The van der Waals surface area contributed by atoms with Crippen molar-refractivity contribution in [1.29, 1.82) is 0 Å². The smallest absolute Gasteiger partial charge is 0.255 e. The van der Waals surface area contributed by atoms with Crippen molar-refractivity contribution in [3.63, 3.8) is 0 Å². The van der Waals surface area contributed by atoms with Gasteiger partial charge in [0.15, 0.2) is 0 Å². The number of rotatable bonds is 2. The van der Waals surface area contributed by atoms with Crippen LogP contribution in [0.5, 0.6) is 5.75 Å². The summed E-state index contributed by atoms with van der Waals surface area (Å²) in [5, 5.41) is 1.69. The van der Waals surface area contributed by atoms with E-state index in [1.165, 1.54) is 0 Å². The van der Waals surface area contributed by atoms with Gasteiger partial charge < -0.3 is 9.72 Å². The molecule has 1 N–H and O–H groups in total. The molecule has 0 saturated carbocycles. The number of pyridine rings is 1. The van der Waals surface area contributed by atoms with Gasteiger partial charge in [0.25, 0.3) is 5.56 Å². The maximum atomic E-state index is 11.6. The highest BCUT2D eigenvalue weighted by Crippen LogP contribution is 2.21. The molecule has 1 aromatic carbocycles. The zero-order valence-electron chi connectivity index (χ0n) is 8.83. The number of nitrogens with one attached hydrogen (secondary N) is 1. The van der Waals surface area contributed by atoms with Gasteiger partial charge in [-0.25, -0.2) is 0 Å². The Labute approximate surface area is 87.7 Å². The van der Waals surface area contributed by atoms with E-state index in [1.54, 1.807) is 25.4 Å². The van der Waals surface area contributed by atoms with Crippen molar-refractivity contribution in [2.24, 2.45) is 0 Å². The predicted molar refractivity (Wildman–Crippen MR) is 60.5 cm³/mol. The average Bonchev–Trinajstić information content (AvgIpc) is 2.29. The molecule has 0 aliphatic heterocycles. The van der Waals surface area contributed by atoms with E-state index in [-0.39, 0.29) is 5.56 Å². The zero-order valence-corrected chi connectivity index (χ0v) is 8.83. The van der Waals surface area contributed by atoms with Crippen LogP contribution >= 0.6 is 0 Å². The minimum absolute atomic E-state index is 0.0511. The molecule has 3 heteroatoms. The Bertz CT molecular complexity index is 543. The molecule has 0 fully saturated rings. The minimum Gasteiger partial charge on any atom is -0.497 e. The lowest BCUT2D eigenvalue weighted by Crippen LogP contribution is -2.06. The number of aromatic nitrogens is 1. The topological polar surface area (TPSA) is 42.1 Å². The first-order chi connectivity index (χ1) is 7.26. The normalized spacial score (nSPS) is 10.5. The highest BCUT2D eigenvalue weighted by Gasteiger charge is 2.04. The summed E-state index contributed by atoms with van der Waals surface area (Å²) in [5.41, 5.74) is 1.08. The molecule has 2 aromatic rings. The standard InChI is InChI=1S/C12H13NO2/c1-3-8-7-13-12(14)10-5-4-9(15-2)6-11(8)10/h4-7H,3H2,1-2H3,(H,13,14). The Hall–Kier alpha value is -1.77.